The molecule has 160 valence electrons. The van der Waals surface area contributed by atoms with Gasteiger partial charge in [0.2, 0.25) is 5.91 Å². The maximum absolute atomic E-state index is 13.0. The third kappa shape index (κ3) is 2.80. The van der Waals surface area contributed by atoms with Crippen LogP contribution >= 0.6 is 0 Å². The molecule has 33 heavy (non-hydrogen) atoms. The number of rotatable bonds is 3. The molecule has 6 heteroatoms. The van der Waals surface area contributed by atoms with Crippen LogP contribution in [0.1, 0.15) is 27.9 Å². The molecule has 1 aliphatic carbocycles. The third-order valence-corrected chi connectivity index (χ3v) is 7.22. The average molecular weight is 431 g/mol. The summed E-state index contributed by atoms with van der Waals surface area (Å²) in [4.78, 5) is 22.3. The lowest BCUT2D eigenvalue weighted by molar-refractivity contribution is -0.120. The Morgan fingerprint density at radius 2 is 1.85 bits per heavy atom. The van der Waals surface area contributed by atoms with Gasteiger partial charge in [-0.1, -0.05) is 18.2 Å². The summed E-state index contributed by atoms with van der Waals surface area (Å²) in [5, 5.41) is 12.3. The van der Waals surface area contributed by atoms with E-state index in [1.165, 1.54) is 16.7 Å². The third-order valence-electron chi connectivity index (χ3n) is 7.22. The van der Waals surface area contributed by atoms with Gasteiger partial charge in [0.05, 0.1) is 22.6 Å². The van der Waals surface area contributed by atoms with Gasteiger partial charge in [0, 0.05) is 28.2 Å². The van der Waals surface area contributed by atoms with Crippen LogP contribution < -0.4 is 5.32 Å². The number of H-pyrrole nitrogens is 1. The monoisotopic (exact) mass is 431 g/mol. The van der Waals surface area contributed by atoms with E-state index in [4.69, 9.17) is 4.98 Å². The SMILES string of the molecule is O=C1Nc2ncccc2C12Cc1cc3ccc(CCc4ccc5[nH]ncc5c4)nc3cc1C2. The molecule has 2 aliphatic rings. The largest absolute Gasteiger partial charge is 0.310 e. The Bertz CT molecular complexity index is 1590. The van der Waals surface area contributed by atoms with Crippen molar-refractivity contribution in [2.24, 2.45) is 0 Å². The van der Waals surface area contributed by atoms with Crippen molar-refractivity contribution in [3.63, 3.8) is 0 Å². The molecule has 1 atom stereocenters. The second-order valence-electron chi connectivity index (χ2n) is 9.20. The molecule has 7 rings (SSSR count). The van der Waals surface area contributed by atoms with E-state index in [0.29, 0.717) is 18.7 Å². The highest BCUT2D eigenvalue weighted by atomic mass is 16.2. The Morgan fingerprint density at radius 1 is 0.939 bits per heavy atom. The summed E-state index contributed by atoms with van der Waals surface area (Å²) in [5.41, 5.74) is 7.33. The van der Waals surface area contributed by atoms with Crippen molar-refractivity contribution >= 4 is 33.5 Å². The Kier molecular flexibility index (Phi) is 3.77. The van der Waals surface area contributed by atoms with Gasteiger partial charge in [-0.05, 0) is 78.8 Å². The Balaban J connectivity index is 1.18. The Morgan fingerprint density at radius 3 is 2.79 bits per heavy atom. The highest BCUT2D eigenvalue weighted by Crippen LogP contribution is 2.47. The van der Waals surface area contributed by atoms with Crippen LogP contribution in [0, 0.1) is 0 Å². The number of aromatic nitrogens is 4. The number of carbonyl (C=O) groups is 1. The van der Waals surface area contributed by atoms with Gasteiger partial charge in [-0.15, -0.1) is 0 Å². The molecule has 0 fully saturated rings. The summed E-state index contributed by atoms with van der Waals surface area (Å²) in [6.45, 7) is 0. The molecule has 1 spiro atoms. The molecule has 0 saturated heterocycles. The average Bonchev–Trinajstić information content (AvgIpc) is 3.52. The van der Waals surface area contributed by atoms with Gasteiger partial charge in [-0.25, -0.2) is 4.98 Å². The number of benzene rings is 2. The van der Waals surface area contributed by atoms with E-state index in [0.717, 1.165) is 45.9 Å². The number of nitrogens with one attached hydrogen (secondary N) is 2. The zero-order valence-corrected chi connectivity index (χ0v) is 17.9. The lowest BCUT2D eigenvalue weighted by atomic mass is 9.79. The molecular weight excluding hydrogens is 410 g/mol. The minimum Gasteiger partial charge on any atom is -0.310 e. The molecule has 0 saturated carbocycles. The Labute approximate surface area is 190 Å². The van der Waals surface area contributed by atoms with Crippen LogP contribution in [0.5, 0.6) is 0 Å². The quantitative estimate of drug-likeness (QED) is 0.447. The van der Waals surface area contributed by atoms with Crippen molar-refractivity contribution in [3.05, 3.63) is 94.9 Å². The van der Waals surface area contributed by atoms with Gasteiger partial charge in [-0.3, -0.25) is 14.9 Å². The van der Waals surface area contributed by atoms with Gasteiger partial charge >= 0.3 is 0 Å². The van der Waals surface area contributed by atoms with E-state index in [1.807, 2.05) is 18.3 Å². The van der Waals surface area contributed by atoms with Gasteiger partial charge in [-0.2, -0.15) is 5.10 Å². The maximum atomic E-state index is 13.0. The van der Waals surface area contributed by atoms with Crippen LogP contribution in [-0.4, -0.2) is 26.1 Å². The first-order valence-electron chi connectivity index (χ1n) is 11.3. The molecular formula is C27H21N5O. The highest BCUT2D eigenvalue weighted by Gasteiger charge is 2.51. The second-order valence-corrected chi connectivity index (χ2v) is 9.20. The number of anilines is 1. The van der Waals surface area contributed by atoms with E-state index < -0.39 is 5.41 Å². The fraction of sp³-hybridized carbons (Fsp3) is 0.185. The molecule has 1 unspecified atom stereocenters. The van der Waals surface area contributed by atoms with Crippen molar-refractivity contribution < 1.29 is 4.79 Å². The fourth-order valence-corrected chi connectivity index (χ4v) is 5.50. The van der Waals surface area contributed by atoms with Crippen molar-refractivity contribution in [1.29, 1.82) is 0 Å². The molecule has 0 radical (unpaired) electrons. The van der Waals surface area contributed by atoms with E-state index in [9.17, 15) is 4.79 Å². The first-order chi connectivity index (χ1) is 16.2. The number of amides is 1. The number of aromatic amines is 1. The zero-order valence-electron chi connectivity index (χ0n) is 17.9. The minimum atomic E-state index is -0.544. The predicted molar refractivity (Wildman–Crippen MR) is 127 cm³/mol. The summed E-state index contributed by atoms with van der Waals surface area (Å²) in [7, 11) is 0. The van der Waals surface area contributed by atoms with Crippen LogP contribution in [0.25, 0.3) is 21.8 Å². The van der Waals surface area contributed by atoms with Crippen LogP contribution in [0.2, 0.25) is 0 Å². The summed E-state index contributed by atoms with van der Waals surface area (Å²) in [6, 6.07) is 19.0. The van der Waals surface area contributed by atoms with Gasteiger partial charge in [0.1, 0.15) is 5.82 Å². The molecule has 2 N–H and O–H groups in total. The summed E-state index contributed by atoms with van der Waals surface area (Å²) in [6.07, 6.45) is 6.80. The standard InChI is InChI=1S/C27H21N5O/c33-26-27(22-2-1-9-28-25(22)31-26)13-18-11-17-5-7-21(30-24(17)12-19(18)14-27)6-3-16-4-8-23-20(10-16)15-29-32-23/h1-2,4-5,7-12,15H,3,6,13-14H2,(H,29,32)(H,28,31,33). The van der Waals surface area contributed by atoms with E-state index in [-0.39, 0.29) is 5.91 Å². The van der Waals surface area contributed by atoms with Crippen molar-refractivity contribution in [3.8, 4) is 0 Å². The van der Waals surface area contributed by atoms with Gasteiger partial charge in [0.25, 0.3) is 0 Å². The first kappa shape index (κ1) is 18.5. The van der Waals surface area contributed by atoms with E-state index in [1.54, 1.807) is 6.20 Å². The predicted octanol–water partition coefficient (Wildman–Crippen LogP) is 4.28. The number of carbonyl (C=O) groups excluding carboxylic acids is 1. The fourth-order valence-electron chi connectivity index (χ4n) is 5.50. The van der Waals surface area contributed by atoms with Crippen LogP contribution in [0.15, 0.2) is 67.0 Å². The van der Waals surface area contributed by atoms with Crippen LogP contribution in [-0.2, 0) is 35.9 Å². The van der Waals surface area contributed by atoms with E-state index >= 15 is 0 Å². The lowest BCUT2D eigenvalue weighted by Crippen LogP contribution is -2.35. The van der Waals surface area contributed by atoms with Crippen molar-refractivity contribution in [2.45, 2.75) is 31.1 Å². The summed E-state index contributed by atoms with van der Waals surface area (Å²) < 4.78 is 0. The number of hydrogen-bond donors (Lipinski definition) is 2. The summed E-state index contributed by atoms with van der Waals surface area (Å²) >= 11 is 0. The molecule has 5 aromatic rings. The van der Waals surface area contributed by atoms with Crippen molar-refractivity contribution in [1.82, 2.24) is 20.2 Å². The zero-order chi connectivity index (χ0) is 22.0. The number of aryl methyl sites for hydroxylation is 2. The number of fused-ring (bicyclic) bond motifs is 5. The molecule has 6 nitrogen and oxygen atoms in total. The van der Waals surface area contributed by atoms with Crippen LogP contribution in [0.4, 0.5) is 5.82 Å². The smallest absolute Gasteiger partial charge is 0.237 e. The lowest BCUT2D eigenvalue weighted by Gasteiger charge is -2.20. The maximum Gasteiger partial charge on any atom is 0.237 e. The van der Waals surface area contributed by atoms with Crippen molar-refractivity contribution in [2.75, 3.05) is 5.32 Å². The van der Waals surface area contributed by atoms with Gasteiger partial charge in [0.15, 0.2) is 0 Å². The minimum absolute atomic E-state index is 0.0553. The van der Waals surface area contributed by atoms with E-state index in [2.05, 4.69) is 63.0 Å². The van der Waals surface area contributed by atoms with Crippen LogP contribution in [0.3, 0.4) is 0 Å². The molecule has 2 aromatic carbocycles. The normalized spacial score (nSPS) is 18.7. The molecule has 0 bridgehead atoms. The molecule has 4 heterocycles. The summed E-state index contributed by atoms with van der Waals surface area (Å²) in [5.74, 6) is 0.758. The topological polar surface area (TPSA) is 83.6 Å². The number of nitrogens with zero attached hydrogens (tertiary/aromatic N) is 3. The number of pyridine rings is 2. The second kappa shape index (κ2) is 6.72. The highest BCUT2D eigenvalue weighted by molar-refractivity contribution is 6.06. The molecule has 1 aliphatic heterocycles. The Hall–Kier alpha value is -4.06. The first-order valence-corrected chi connectivity index (χ1v) is 11.3. The molecule has 1 amide bonds. The van der Waals surface area contributed by atoms with Gasteiger partial charge < -0.3 is 5.32 Å². The number of hydrogen-bond acceptors (Lipinski definition) is 4. The molecule has 3 aromatic heterocycles.